The molecule has 0 aliphatic carbocycles. The van der Waals surface area contributed by atoms with Crippen LogP contribution in [0.2, 0.25) is 0 Å². The van der Waals surface area contributed by atoms with Gasteiger partial charge in [-0.3, -0.25) is 9.78 Å². The molecule has 2 aliphatic heterocycles. The van der Waals surface area contributed by atoms with Crippen molar-refractivity contribution in [3.63, 3.8) is 0 Å². The second-order valence-electron chi connectivity index (χ2n) is 6.36. The van der Waals surface area contributed by atoms with Gasteiger partial charge in [0, 0.05) is 19.3 Å². The lowest BCUT2D eigenvalue weighted by molar-refractivity contribution is -0.129. The zero-order chi connectivity index (χ0) is 17.2. The highest BCUT2D eigenvalue weighted by molar-refractivity contribution is 7.89. The quantitative estimate of drug-likeness (QED) is 0.621. The SMILES string of the molecule is O=C(Cc1ccccc1)N1CC2=C(C1)CN([S+]([O-])c1cccnc1)C2. The van der Waals surface area contributed by atoms with E-state index in [0.717, 1.165) is 10.5 Å². The van der Waals surface area contributed by atoms with Gasteiger partial charge in [-0.15, -0.1) is 4.31 Å². The molecule has 3 heterocycles. The maximum Gasteiger partial charge on any atom is 0.227 e. The number of nitrogens with zero attached hydrogens (tertiary/aromatic N) is 3. The molecule has 128 valence electrons. The summed E-state index contributed by atoms with van der Waals surface area (Å²) in [5, 5.41) is 0. The van der Waals surface area contributed by atoms with Crippen molar-refractivity contribution in [2.45, 2.75) is 11.3 Å². The molecule has 6 heteroatoms. The van der Waals surface area contributed by atoms with Crippen molar-refractivity contribution in [1.82, 2.24) is 14.2 Å². The summed E-state index contributed by atoms with van der Waals surface area (Å²) >= 11 is -1.20. The molecule has 0 bridgehead atoms. The molecule has 25 heavy (non-hydrogen) atoms. The first-order valence-electron chi connectivity index (χ1n) is 8.29. The van der Waals surface area contributed by atoms with E-state index in [4.69, 9.17) is 0 Å². The number of carbonyl (C=O) groups excluding carboxylic acids is 1. The lowest BCUT2D eigenvalue weighted by atomic mass is 10.1. The largest absolute Gasteiger partial charge is 0.593 e. The Hall–Kier alpha value is -2.15. The first-order valence-corrected chi connectivity index (χ1v) is 9.40. The molecule has 1 amide bonds. The highest BCUT2D eigenvalue weighted by atomic mass is 32.2. The molecule has 0 fully saturated rings. The van der Waals surface area contributed by atoms with Gasteiger partial charge in [-0.2, -0.15) is 0 Å². The third-order valence-electron chi connectivity index (χ3n) is 4.62. The third kappa shape index (κ3) is 3.46. The summed E-state index contributed by atoms with van der Waals surface area (Å²) in [4.78, 5) is 19.2. The summed E-state index contributed by atoms with van der Waals surface area (Å²) < 4.78 is 14.6. The molecule has 1 aromatic carbocycles. The van der Waals surface area contributed by atoms with E-state index >= 15 is 0 Å². The summed E-state index contributed by atoms with van der Waals surface area (Å²) in [5.74, 6) is 0.153. The summed E-state index contributed by atoms with van der Waals surface area (Å²) in [6.45, 7) is 2.63. The molecule has 0 N–H and O–H groups in total. The minimum atomic E-state index is -1.20. The first kappa shape index (κ1) is 16.3. The summed E-state index contributed by atoms with van der Waals surface area (Å²) in [6.07, 6.45) is 3.76. The first-order chi connectivity index (χ1) is 12.2. The average molecular weight is 353 g/mol. The van der Waals surface area contributed by atoms with Gasteiger partial charge in [-0.25, -0.2) is 0 Å². The molecule has 0 radical (unpaired) electrons. The van der Waals surface area contributed by atoms with Crippen molar-refractivity contribution in [3.8, 4) is 0 Å². The van der Waals surface area contributed by atoms with Crippen LogP contribution < -0.4 is 0 Å². The fourth-order valence-corrected chi connectivity index (χ4v) is 4.51. The highest BCUT2D eigenvalue weighted by Gasteiger charge is 2.37. The maximum atomic E-state index is 12.6. The van der Waals surface area contributed by atoms with E-state index in [0.29, 0.717) is 32.6 Å². The van der Waals surface area contributed by atoms with E-state index in [-0.39, 0.29) is 5.91 Å². The molecule has 1 unspecified atom stereocenters. The van der Waals surface area contributed by atoms with Crippen LogP contribution in [-0.2, 0) is 22.6 Å². The number of hydrogen-bond acceptors (Lipinski definition) is 4. The molecule has 1 aromatic heterocycles. The van der Waals surface area contributed by atoms with Crippen LogP contribution in [0.5, 0.6) is 0 Å². The van der Waals surface area contributed by atoms with Crippen LogP contribution in [0.25, 0.3) is 0 Å². The van der Waals surface area contributed by atoms with Gasteiger partial charge in [-0.05, 0) is 28.8 Å². The van der Waals surface area contributed by atoms with Gasteiger partial charge < -0.3 is 9.45 Å². The normalized spacial score (nSPS) is 18.5. The van der Waals surface area contributed by atoms with Crippen LogP contribution in [0.15, 0.2) is 70.9 Å². The molecule has 1 atom stereocenters. The van der Waals surface area contributed by atoms with Crippen molar-refractivity contribution >= 4 is 17.3 Å². The Morgan fingerprint density at radius 3 is 2.40 bits per heavy atom. The Morgan fingerprint density at radius 2 is 1.76 bits per heavy atom. The van der Waals surface area contributed by atoms with Gasteiger partial charge in [0.05, 0.1) is 37.1 Å². The monoisotopic (exact) mass is 353 g/mol. The van der Waals surface area contributed by atoms with E-state index in [1.54, 1.807) is 18.5 Å². The zero-order valence-electron chi connectivity index (χ0n) is 13.8. The Kier molecular flexibility index (Phi) is 4.57. The van der Waals surface area contributed by atoms with Crippen molar-refractivity contribution in [2.75, 3.05) is 26.2 Å². The van der Waals surface area contributed by atoms with Crippen LogP contribution in [0.3, 0.4) is 0 Å². The van der Waals surface area contributed by atoms with Crippen LogP contribution in [-0.4, -0.2) is 50.8 Å². The highest BCUT2D eigenvalue weighted by Crippen LogP contribution is 2.29. The van der Waals surface area contributed by atoms with Gasteiger partial charge in [-0.1, -0.05) is 30.3 Å². The maximum absolute atomic E-state index is 12.6. The van der Waals surface area contributed by atoms with Crippen molar-refractivity contribution in [2.24, 2.45) is 0 Å². The fourth-order valence-electron chi connectivity index (χ4n) is 3.32. The number of aromatic nitrogens is 1. The van der Waals surface area contributed by atoms with E-state index in [9.17, 15) is 9.35 Å². The third-order valence-corrected chi connectivity index (χ3v) is 5.99. The molecule has 2 aliphatic rings. The van der Waals surface area contributed by atoms with Crippen LogP contribution in [0.4, 0.5) is 0 Å². The molecular weight excluding hydrogens is 334 g/mol. The second-order valence-corrected chi connectivity index (χ2v) is 7.84. The Morgan fingerprint density at radius 1 is 1.04 bits per heavy atom. The van der Waals surface area contributed by atoms with Gasteiger partial charge >= 0.3 is 0 Å². The van der Waals surface area contributed by atoms with Crippen LogP contribution in [0.1, 0.15) is 5.56 Å². The molecule has 5 nitrogen and oxygen atoms in total. The number of hydrogen-bond donors (Lipinski definition) is 0. The van der Waals surface area contributed by atoms with E-state index < -0.39 is 11.4 Å². The lowest BCUT2D eigenvalue weighted by Crippen LogP contribution is -2.37. The minimum absolute atomic E-state index is 0.153. The Bertz CT molecular complexity index is 777. The second kappa shape index (κ2) is 7.00. The predicted molar refractivity (Wildman–Crippen MR) is 96.0 cm³/mol. The molecule has 4 rings (SSSR count). The standard InChI is InChI=1S/C19H19N3O2S/c23-19(9-15-5-2-1-3-6-15)21-11-16-13-22(14-17(16)12-21)25(24)18-7-4-8-20-10-18/h1-8,10H,9,11-14H2. The minimum Gasteiger partial charge on any atom is -0.593 e. The van der Waals surface area contributed by atoms with Crippen molar-refractivity contribution in [1.29, 1.82) is 0 Å². The fraction of sp³-hybridized carbons (Fsp3) is 0.263. The van der Waals surface area contributed by atoms with Crippen molar-refractivity contribution < 1.29 is 9.35 Å². The van der Waals surface area contributed by atoms with Crippen molar-refractivity contribution in [3.05, 3.63) is 71.6 Å². The molecule has 0 saturated carbocycles. The average Bonchev–Trinajstić information content (AvgIpc) is 3.22. The predicted octanol–water partition coefficient (Wildman–Crippen LogP) is 1.80. The molecule has 2 aromatic rings. The number of amides is 1. The van der Waals surface area contributed by atoms with Gasteiger partial charge in [0.25, 0.3) is 0 Å². The topological polar surface area (TPSA) is 59.5 Å². The number of carbonyl (C=O) groups is 1. The Balaban J connectivity index is 1.34. The number of pyridine rings is 1. The summed E-state index contributed by atoms with van der Waals surface area (Å²) in [5.41, 5.74) is 3.51. The van der Waals surface area contributed by atoms with Crippen LogP contribution in [0, 0.1) is 0 Å². The zero-order valence-corrected chi connectivity index (χ0v) is 14.6. The van der Waals surface area contributed by atoms with E-state index in [1.165, 1.54) is 11.1 Å². The number of rotatable bonds is 4. The van der Waals surface area contributed by atoms with Gasteiger partial charge in [0.15, 0.2) is 4.90 Å². The van der Waals surface area contributed by atoms with Crippen LogP contribution >= 0.6 is 0 Å². The van der Waals surface area contributed by atoms with Gasteiger partial charge in [0.2, 0.25) is 5.91 Å². The van der Waals surface area contributed by atoms with E-state index in [2.05, 4.69) is 4.98 Å². The molecule has 0 spiro atoms. The summed E-state index contributed by atoms with van der Waals surface area (Å²) in [7, 11) is 0. The lowest BCUT2D eigenvalue weighted by Gasteiger charge is -2.23. The molecular formula is C19H19N3O2S. The van der Waals surface area contributed by atoms with Gasteiger partial charge in [0.1, 0.15) is 0 Å². The van der Waals surface area contributed by atoms with E-state index in [1.807, 2.05) is 45.6 Å². The Labute approximate surface area is 150 Å². The molecule has 0 saturated heterocycles. The summed E-state index contributed by atoms with van der Waals surface area (Å²) in [6, 6.07) is 13.5. The smallest absolute Gasteiger partial charge is 0.227 e. The number of benzene rings is 1.